The lowest BCUT2D eigenvalue weighted by atomic mass is 10.1. The molecule has 0 radical (unpaired) electrons. The van der Waals surface area contributed by atoms with Gasteiger partial charge in [-0.1, -0.05) is 13.8 Å². The Morgan fingerprint density at radius 1 is 1.40 bits per heavy atom. The fraction of sp³-hybridized carbons (Fsp3) is 0.417. The van der Waals surface area contributed by atoms with Crippen molar-refractivity contribution < 1.29 is 9.90 Å². The summed E-state index contributed by atoms with van der Waals surface area (Å²) >= 11 is 0. The van der Waals surface area contributed by atoms with Crippen LogP contribution in [0.25, 0.3) is 0 Å². The fourth-order valence-corrected chi connectivity index (χ4v) is 1.57. The molecule has 0 spiro atoms. The number of phenols is 1. The molecule has 15 heavy (non-hydrogen) atoms. The van der Waals surface area contributed by atoms with Crippen LogP contribution in [0.15, 0.2) is 24.3 Å². The van der Waals surface area contributed by atoms with Gasteiger partial charge in [-0.25, -0.2) is 0 Å². The van der Waals surface area contributed by atoms with Crippen LogP contribution in [0, 0.1) is 5.41 Å². The van der Waals surface area contributed by atoms with Gasteiger partial charge < -0.3 is 10.4 Å². The van der Waals surface area contributed by atoms with E-state index in [-0.39, 0.29) is 17.1 Å². The first-order valence-electron chi connectivity index (χ1n) is 5.09. The van der Waals surface area contributed by atoms with Crippen molar-refractivity contribution in [3.8, 4) is 5.75 Å². The lowest BCUT2D eigenvalue weighted by Crippen LogP contribution is -2.28. The molecule has 1 aromatic carbocycles. The van der Waals surface area contributed by atoms with Crippen LogP contribution in [0.5, 0.6) is 5.75 Å². The van der Waals surface area contributed by atoms with Crippen LogP contribution in [0.2, 0.25) is 0 Å². The Morgan fingerprint density at radius 3 is 2.40 bits per heavy atom. The molecule has 1 aliphatic rings. The van der Waals surface area contributed by atoms with Gasteiger partial charge in [0.15, 0.2) is 0 Å². The Labute approximate surface area is 89.1 Å². The van der Waals surface area contributed by atoms with E-state index in [9.17, 15) is 4.79 Å². The Balaban J connectivity index is 2.00. The van der Waals surface area contributed by atoms with Crippen LogP contribution in [-0.4, -0.2) is 17.1 Å². The van der Waals surface area contributed by atoms with E-state index in [2.05, 4.69) is 19.2 Å². The molecule has 1 unspecified atom stereocenters. The molecule has 0 aromatic heterocycles. The number of rotatable bonds is 2. The highest BCUT2D eigenvalue weighted by Crippen LogP contribution is 2.44. The minimum Gasteiger partial charge on any atom is -0.508 e. The van der Waals surface area contributed by atoms with Crippen molar-refractivity contribution in [3.05, 3.63) is 29.8 Å². The minimum absolute atomic E-state index is 0.0643. The van der Waals surface area contributed by atoms with Crippen molar-refractivity contribution in [3.63, 3.8) is 0 Å². The number of phenolic OH excluding ortho intramolecular Hbond substituents is 1. The number of carbonyl (C=O) groups is 1. The molecule has 2 rings (SSSR count). The van der Waals surface area contributed by atoms with Gasteiger partial charge in [0.2, 0.25) is 0 Å². The fourth-order valence-electron chi connectivity index (χ4n) is 1.57. The molecule has 1 aromatic rings. The summed E-state index contributed by atoms with van der Waals surface area (Å²) in [4.78, 5) is 11.7. The summed E-state index contributed by atoms with van der Waals surface area (Å²) in [5, 5.41) is 12.0. The predicted octanol–water partition coefficient (Wildman–Crippen LogP) is 1.92. The number of aromatic hydroxyl groups is 1. The second-order valence-corrected chi connectivity index (χ2v) is 4.77. The average molecular weight is 205 g/mol. The zero-order valence-corrected chi connectivity index (χ0v) is 8.95. The summed E-state index contributed by atoms with van der Waals surface area (Å²) in [6, 6.07) is 6.58. The number of hydrogen-bond donors (Lipinski definition) is 2. The number of nitrogens with one attached hydrogen (secondary N) is 1. The number of carbonyl (C=O) groups excluding carboxylic acids is 1. The summed E-state index contributed by atoms with van der Waals surface area (Å²) in [6.07, 6.45) is 1.04. The largest absolute Gasteiger partial charge is 0.508 e. The zero-order chi connectivity index (χ0) is 11.1. The summed E-state index contributed by atoms with van der Waals surface area (Å²) in [5.74, 6) is 0.115. The molecule has 0 bridgehead atoms. The van der Waals surface area contributed by atoms with Gasteiger partial charge in [0, 0.05) is 11.6 Å². The van der Waals surface area contributed by atoms with E-state index in [1.54, 1.807) is 12.1 Å². The van der Waals surface area contributed by atoms with Crippen molar-refractivity contribution in [2.24, 2.45) is 5.41 Å². The van der Waals surface area contributed by atoms with E-state index in [0.29, 0.717) is 11.6 Å². The molecule has 3 nitrogen and oxygen atoms in total. The first kappa shape index (κ1) is 10.0. The Kier molecular flexibility index (Phi) is 2.18. The van der Waals surface area contributed by atoms with Crippen LogP contribution < -0.4 is 5.32 Å². The number of hydrogen-bond acceptors (Lipinski definition) is 2. The highest BCUT2D eigenvalue weighted by Gasteiger charge is 2.46. The third kappa shape index (κ3) is 2.12. The van der Waals surface area contributed by atoms with Crippen molar-refractivity contribution in [1.29, 1.82) is 0 Å². The van der Waals surface area contributed by atoms with Gasteiger partial charge >= 0.3 is 0 Å². The predicted molar refractivity (Wildman–Crippen MR) is 57.8 cm³/mol. The van der Waals surface area contributed by atoms with E-state index >= 15 is 0 Å². The van der Waals surface area contributed by atoms with Gasteiger partial charge in [-0.05, 0) is 36.1 Å². The average Bonchev–Trinajstić information content (AvgIpc) is 2.74. The van der Waals surface area contributed by atoms with Crippen LogP contribution in [-0.2, 0) is 0 Å². The molecule has 0 aliphatic heterocycles. The van der Waals surface area contributed by atoms with Gasteiger partial charge in [0.1, 0.15) is 5.75 Å². The summed E-state index contributed by atoms with van der Waals surface area (Å²) in [5.41, 5.74) is 0.836. The molecule has 1 saturated carbocycles. The lowest BCUT2D eigenvalue weighted by Gasteiger charge is -2.06. The molecule has 1 atom stereocenters. The topological polar surface area (TPSA) is 49.3 Å². The molecule has 2 N–H and O–H groups in total. The molecule has 1 fully saturated rings. The van der Waals surface area contributed by atoms with Gasteiger partial charge in [-0.3, -0.25) is 4.79 Å². The van der Waals surface area contributed by atoms with Crippen molar-refractivity contribution in [2.45, 2.75) is 26.3 Å². The molecule has 0 saturated heterocycles. The maximum atomic E-state index is 11.7. The van der Waals surface area contributed by atoms with E-state index in [0.717, 1.165) is 6.42 Å². The third-order valence-corrected chi connectivity index (χ3v) is 2.95. The summed E-state index contributed by atoms with van der Waals surface area (Å²) in [7, 11) is 0. The standard InChI is InChI=1S/C12H15NO2/c1-12(2)7-10(12)13-11(15)8-3-5-9(14)6-4-8/h3-6,10,14H,7H2,1-2H3,(H,13,15). The molecule has 0 heterocycles. The quantitative estimate of drug-likeness (QED) is 0.775. The van der Waals surface area contributed by atoms with E-state index in [1.807, 2.05) is 0 Å². The molecular formula is C12H15NO2. The molecule has 1 aliphatic carbocycles. The second kappa shape index (κ2) is 3.26. The zero-order valence-electron chi connectivity index (χ0n) is 8.95. The Bertz CT molecular complexity index is 381. The Morgan fingerprint density at radius 2 is 1.93 bits per heavy atom. The summed E-state index contributed by atoms with van der Waals surface area (Å²) in [6.45, 7) is 4.27. The van der Waals surface area contributed by atoms with Crippen molar-refractivity contribution >= 4 is 5.91 Å². The van der Waals surface area contributed by atoms with Crippen molar-refractivity contribution in [2.75, 3.05) is 0 Å². The molecule has 3 heteroatoms. The van der Waals surface area contributed by atoms with Crippen LogP contribution in [0.3, 0.4) is 0 Å². The normalized spacial score (nSPS) is 22.1. The van der Waals surface area contributed by atoms with Gasteiger partial charge in [-0.15, -0.1) is 0 Å². The van der Waals surface area contributed by atoms with E-state index < -0.39 is 0 Å². The van der Waals surface area contributed by atoms with Crippen LogP contribution in [0.1, 0.15) is 30.6 Å². The highest BCUT2D eigenvalue weighted by molar-refractivity contribution is 5.94. The maximum absolute atomic E-state index is 11.7. The van der Waals surface area contributed by atoms with Crippen molar-refractivity contribution in [1.82, 2.24) is 5.32 Å². The smallest absolute Gasteiger partial charge is 0.251 e. The maximum Gasteiger partial charge on any atom is 0.251 e. The monoisotopic (exact) mass is 205 g/mol. The first-order chi connectivity index (χ1) is 6.99. The van der Waals surface area contributed by atoms with Crippen LogP contribution in [0.4, 0.5) is 0 Å². The van der Waals surface area contributed by atoms with Crippen LogP contribution >= 0.6 is 0 Å². The third-order valence-electron chi connectivity index (χ3n) is 2.95. The SMILES string of the molecule is CC1(C)CC1NC(=O)c1ccc(O)cc1. The summed E-state index contributed by atoms with van der Waals surface area (Å²) < 4.78 is 0. The molecule has 80 valence electrons. The van der Waals surface area contributed by atoms with E-state index in [1.165, 1.54) is 12.1 Å². The first-order valence-corrected chi connectivity index (χ1v) is 5.09. The number of benzene rings is 1. The highest BCUT2D eigenvalue weighted by atomic mass is 16.3. The minimum atomic E-state index is -0.0643. The second-order valence-electron chi connectivity index (χ2n) is 4.77. The van der Waals surface area contributed by atoms with E-state index in [4.69, 9.17) is 5.11 Å². The van der Waals surface area contributed by atoms with Gasteiger partial charge in [0.05, 0.1) is 0 Å². The van der Waals surface area contributed by atoms with Gasteiger partial charge in [-0.2, -0.15) is 0 Å². The lowest BCUT2D eigenvalue weighted by molar-refractivity contribution is 0.0946. The number of amides is 1. The Hall–Kier alpha value is -1.51. The van der Waals surface area contributed by atoms with Gasteiger partial charge in [0.25, 0.3) is 5.91 Å². The molecule has 1 amide bonds. The molecular weight excluding hydrogens is 190 g/mol.